The fourth-order valence-electron chi connectivity index (χ4n) is 1.26. The van der Waals surface area contributed by atoms with Crippen molar-refractivity contribution in [2.45, 2.75) is 18.9 Å². The van der Waals surface area contributed by atoms with Crippen molar-refractivity contribution in [3.63, 3.8) is 0 Å². The Labute approximate surface area is 83.5 Å². The average molecular weight is 228 g/mol. The summed E-state index contributed by atoms with van der Waals surface area (Å²) in [4.78, 5) is 0. The van der Waals surface area contributed by atoms with Crippen molar-refractivity contribution in [3.05, 3.63) is 0 Å². The molecule has 0 spiro atoms. The van der Waals surface area contributed by atoms with Crippen LogP contribution in [0.15, 0.2) is 0 Å². The molecule has 1 fully saturated rings. The Morgan fingerprint density at radius 1 is 1.54 bits per heavy atom. The van der Waals surface area contributed by atoms with E-state index in [9.17, 15) is 13.5 Å². The third-order valence-corrected chi connectivity index (χ3v) is 4.51. The third kappa shape index (κ3) is 2.34. The van der Waals surface area contributed by atoms with Gasteiger partial charge >= 0.3 is 0 Å². The molecule has 13 heavy (non-hydrogen) atoms. The van der Waals surface area contributed by atoms with E-state index in [4.69, 9.17) is 11.6 Å². The number of rotatable bonds is 4. The van der Waals surface area contributed by atoms with E-state index in [0.29, 0.717) is 6.42 Å². The van der Waals surface area contributed by atoms with E-state index in [1.54, 1.807) is 0 Å². The van der Waals surface area contributed by atoms with Crippen molar-refractivity contribution in [1.29, 1.82) is 0 Å². The van der Waals surface area contributed by atoms with Crippen molar-refractivity contribution in [2.24, 2.45) is 0 Å². The SMILES string of the molecule is CCC1(O)CN(S(=O)(=O)CCCl)C1. The molecule has 1 saturated heterocycles. The Bertz CT molecular complexity index is 271. The van der Waals surface area contributed by atoms with Crippen molar-refractivity contribution >= 4 is 21.6 Å². The van der Waals surface area contributed by atoms with Gasteiger partial charge in [-0.25, -0.2) is 8.42 Å². The van der Waals surface area contributed by atoms with Gasteiger partial charge in [0, 0.05) is 19.0 Å². The van der Waals surface area contributed by atoms with Crippen molar-refractivity contribution in [3.8, 4) is 0 Å². The Morgan fingerprint density at radius 3 is 2.46 bits per heavy atom. The number of hydrogen-bond acceptors (Lipinski definition) is 3. The van der Waals surface area contributed by atoms with E-state index in [1.165, 1.54) is 4.31 Å². The van der Waals surface area contributed by atoms with Crippen molar-refractivity contribution in [1.82, 2.24) is 4.31 Å². The quantitative estimate of drug-likeness (QED) is 0.689. The largest absolute Gasteiger partial charge is 0.387 e. The van der Waals surface area contributed by atoms with Gasteiger partial charge in [0.05, 0.1) is 11.4 Å². The van der Waals surface area contributed by atoms with Crippen molar-refractivity contribution < 1.29 is 13.5 Å². The second-order valence-corrected chi connectivity index (χ2v) is 5.82. The molecule has 0 aromatic heterocycles. The fourth-order valence-corrected chi connectivity index (χ4v) is 3.17. The van der Waals surface area contributed by atoms with Crippen LogP contribution in [-0.2, 0) is 10.0 Å². The van der Waals surface area contributed by atoms with E-state index in [-0.39, 0.29) is 24.7 Å². The summed E-state index contributed by atoms with van der Waals surface area (Å²) in [5.41, 5.74) is -0.806. The van der Waals surface area contributed by atoms with E-state index < -0.39 is 15.6 Å². The molecule has 0 saturated carbocycles. The lowest BCUT2D eigenvalue weighted by Crippen LogP contribution is -2.63. The first-order valence-electron chi connectivity index (χ1n) is 4.20. The summed E-state index contributed by atoms with van der Waals surface area (Å²) in [6.07, 6.45) is 0.583. The molecule has 1 heterocycles. The molecule has 78 valence electrons. The van der Waals surface area contributed by atoms with Gasteiger partial charge in [-0.3, -0.25) is 0 Å². The topological polar surface area (TPSA) is 57.6 Å². The van der Waals surface area contributed by atoms with Crippen LogP contribution in [0.1, 0.15) is 13.3 Å². The van der Waals surface area contributed by atoms with Gasteiger partial charge in [-0.05, 0) is 6.42 Å². The Balaban J connectivity index is 2.52. The highest BCUT2D eigenvalue weighted by Gasteiger charge is 2.44. The number of nitrogens with zero attached hydrogens (tertiary/aromatic N) is 1. The number of aliphatic hydroxyl groups is 1. The standard InChI is InChI=1S/C7H14ClNO3S/c1-2-7(10)5-9(6-7)13(11,12)4-3-8/h10H,2-6H2,1H3. The highest BCUT2D eigenvalue weighted by atomic mass is 35.5. The highest BCUT2D eigenvalue weighted by Crippen LogP contribution is 2.26. The van der Waals surface area contributed by atoms with E-state index in [0.717, 1.165) is 0 Å². The first-order valence-corrected chi connectivity index (χ1v) is 6.34. The van der Waals surface area contributed by atoms with Gasteiger partial charge in [-0.15, -0.1) is 11.6 Å². The Kier molecular flexibility index (Phi) is 3.22. The van der Waals surface area contributed by atoms with E-state index in [1.807, 2.05) is 6.92 Å². The predicted octanol–water partition coefficient (Wildman–Crippen LogP) is 0.0117. The number of hydrogen-bond donors (Lipinski definition) is 1. The molecular weight excluding hydrogens is 214 g/mol. The number of sulfonamides is 1. The normalized spacial score (nSPS) is 22.7. The summed E-state index contributed by atoms with van der Waals surface area (Å²) in [6, 6.07) is 0. The minimum absolute atomic E-state index is 0.0473. The Morgan fingerprint density at radius 2 is 2.08 bits per heavy atom. The predicted molar refractivity (Wildman–Crippen MR) is 51.3 cm³/mol. The molecule has 4 nitrogen and oxygen atoms in total. The molecule has 0 aliphatic carbocycles. The summed E-state index contributed by atoms with van der Waals surface area (Å²) >= 11 is 5.35. The minimum atomic E-state index is -3.21. The highest BCUT2D eigenvalue weighted by molar-refractivity contribution is 7.89. The molecule has 0 bridgehead atoms. The monoisotopic (exact) mass is 227 g/mol. The van der Waals surface area contributed by atoms with Crippen LogP contribution in [0.4, 0.5) is 0 Å². The summed E-state index contributed by atoms with van der Waals surface area (Å²) in [5.74, 6) is 0.0533. The molecular formula is C7H14ClNO3S. The lowest BCUT2D eigenvalue weighted by atomic mass is 9.94. The molecule has 0 aromatic rings. The molecule has 0 aromatic carbocycles. The van der Waals surface area contributed by atoms with Crippen LogP contribution in [-0.4, -0.2) is 48.2 Å². The minimum Gasteiger partial charge on any atom is -0.387 e. The first kappa shape index (κ1) is 11.2. The summed E-state index contributed by atoms with van der Waals surface area (Å²) < 4.78 is 24.0. The summed E-state index contributed by atoms with van der Waals surface area (Å²) in [5, 5.41) is 9.58. The van der Waals surface area contributed by atoms with E-state index in [2.05, 4.69) is 0 Å². The summed E-state index contributed by atoms with van der Waals surface area (Å²) in [7, 11) is -3.21. The molecule has 1 N–H and O–H groups in total. The molecule has 0 unspecified atom stereocenters. The molecule has 0 radical (unpaired) electrons. The zero-order valence-electron chi connectivity index (χ0n) is 7.53. The third-order valence-electron chi connectivity index (χ3n) is 2.33. The van der Waals surface area contributed by atoms with Crippen LogP contribution in [0, 0.1) is 0 Å². The van der Waals surface area contributed by atoms with Crippen LogP contribution in [0.25, 0.3) is 0 Å². The van der Waals surface area contributed by atoms with Gasteiger partial charge in [0.15, 0.2) is 0 Å². The van der Waals surface area contributed by atoms with Gasteiger partial charge in [0.25, 0.3) is 0 Å². The second kappa shape index (κ2) is 3.73. The number of alkyl halides is 1. The van der Waals surface area contributed by atoms with Gasteiger partial charge < -0.3 is 5.11 Å². The molecule has 1 rings (SSSR count). The average Bonchev–Trinajstić information content (AvgIpc) is 1.98. The zero-order valence-corrected chi connectivity index (χ0v) is 9.11. The van der Waals surface area contributed by atoms with Crippen LogP contribution in [0.5, 0.6) is 0 Å². The van der Waals surface area contributed by atoms with Gasteiger partial charge in [-0.2, -0.15) is 4.31 Å². The fraction of sp³-hybridized carbons (Fsp3) is 1.00. The van der Waals surface area contributed by atoms with Crippen LogP contribution in [0.2, 0.25) is 0 Å². The zero-order chi connectivity index (χ0) is 10.1. The van der Waals surface area contributed by atoms with Gasteiger partial charge in [-0.1, -0.05) is 6.92 Å². The maximum atomic E-state index is 11.3. The molecule has 1 aliphatic rings. The Hall–Kier alpha value is 0.160. The van der Waals surface area contributed by atoms with Gasteiger partial charge in [0.2, 0.25) is 10.0 Å². The number of β-amino-alcohol motifs (C(OH)–C–C–N with tert-alkyl or cyclic N) is 1. The van der Waals surface area contributed by atoms with Crippen LogP contribution in [0.3, 0.4) is 0 Å². The summed E-state index contributed by atoms with van der Waals surface area (Å²) in [6.45, 7) is 2.26. The molecule has 6 heteroatoms. The second-order valence-electron chi connectivity index (χ2n) is 3.35. The van der Waals surface area contributed by atoms with Gasteiger partial charge in [0.1, 0.15) is 0 Å². The number of halogens is 1. The lowest BCUT2D eigenvalue weighted by molar-refractivity contribution is -0.0612. The first-order chi connectivity index (χ1) is 5.93. The molecule has 1 aliphatic heterocycles. The maximum absolute atomic E-state index is 11.3. The maximum Gasteiger partial charge on any atom is 0.215 e. The van der Waals surface area contributed by atoms with Crippen LogP contribution < -0.4 is 0 Å². The van der Waals surface area contributed by atoms with Crippen LogP contribution >= 0.6 is 11.6 Å². The molecule has 0 atom stereocenters. The van der Waals surface area contributed by atoms with E-state index >= 15 is 0 Å². The lowest BCUT2D eigenvalue weighted by Gasteiger charge is -2.44. The molecule has 0 amide bonds. The van der Waals surface area contributed by atoms with Crippen molar-refractivity contribution in [2.75, 3.05) is 24.7 Å². The smallest absolute Gasteiger partial charge is 0.215 e.